The summed E-state index contributed by atoms with van der Waals surface area (Å²) in [6.45, 7) is 4.69. The van der Waals surface area contributed by atoms with Gasteiger partial charge in [-0.05, 0) is 82.7 Å². The number of carbonyl (C=O) groups excluding carboxylic acids is 2. The summed E-state index contributed by atoms with van der Waals surface area (Å²) in [5, 5.41) is 1.10. The Morgan fingerprint density at radius 2 is 1.71 bits per heavy atom. The molecule has 4 rings (SSSR count). The molecule has 35 heavy (non-hydrogen) atoms. The van der Waals surface area contributed by atoms with Gasteiger partial charge in [0.1, 0.15) is 17.6 Å². The molecule has 2 fully saturated rings. The highest BCUT2D eigenvalue weighted by atomic mass is 35.5. The molecule has 9 heteroatoms. The topological polar surface area (TPSA) is 92.4 Å². The van der Waals surface area contributed by atoms with Crippen LogP contribution in [-0.4, -0.2) is 63.3 Å². The summed E-state index contributed by atoms with van der Waals surface area (Å²) in [5.41, 5.74) is 8.49. The van der Waals surface area contributed by atoms with Gasteiger partial charge in [-0.25, -0.2) is 9.97 Å². The smallest absolute Gasteiger partial charge is 0.272 e. The number of rotatable bonds is 7. The second-order valence-electron chi connectivity index (χ2n) is 9.63. The van der Waals surface area contributed by atoms with Crippen LogP contribution >= 0.6 is 23.2 Å². The number of hydrogen-bond donors (Lipinski definition) is 1. The van der Waals surface area contributed by atoms with Gasteiger partial charge in [0.15, 0.2) is 0 Å². The molecule has 2 aliphatic rings. The second-order valence-corrected chi connectivity index (χ2v) is 10.4. The Morgan fingerprint density at radius 3 is 2.37 bits per heavy atom. The van der Waals surface area contributed by atoms with Crippen molar-refractivity contribution in [2.45, 2.75) is 63.8 Å². The molecule has 7 nitrogen and oxygen atoms in total. The number of likely N-dealkylation sites (tertiary alicyclic amines) is 2. The Balaban J connectivity index is 1.39. The number of primary amides is 1. The predicted molar refractivity (Wildman–Crippen MR) is 138 cm³/mol. The maximum Gasteiger partial charge on any atom is 0.272 e. The van der Waals surface area contributed by atoms with Crippen molar-refractivity contribution in [3.05, 3.63) is 57.1 Å². The lowest BCUT2D eigenvalue weighted by Gasteiger charge is -2.48. The first-order valence-corrected chi connectivity index (χ1v) is 13.2. The van der Waals surface area contributed by atoms with E-state index in [1.165, 1.54) is 12.7 Å². The lowest BCUT2D eigenvalue weighted by Crippen LogP contribution is -2.63. The van der Waals surface area contributed by atoms with Crippen molar-refractivity contribution in [2.24, 2.45) is 5.73 Å². The summed E-state index contributed by atoms with van der Waals surface area (Å²) in [6, 6.07) is 5.67. The Morgan fingerprint density at radius 1 is 1.00 bits per heavy atom. The van der Waals surface area contributed by atoms with Gasteiger partial charge in [0, 0.05) is 24.3 Å². The molecule has 2 amide bonds. The fourth-order valence-electron chi connectivity index (χ4n) is 5.38. The number of carbonyl (C=O) groups is 2. The van der Waals surface area contributed by atoms with E-state index < -0.39 is 5.54 Å². The molecule has 1 aromatic heterocycles. The Kier molecular flexibility index (Phi) is 8.30. The third-order valence-electron chi connectivity index (χ3n) is 7.55. The molecule has 2 saturated heterocycles. The van der Waals surface area contributed by atoms with Crippen molar-refractivity contribution in [1.29, 1.82) is 0 Å². The van der Waals surface area contributed by atoms with E-state index in [4.69, 9.17) is 28.9 Å². The van der Waals surface area contributed by atoms with Gasteiger partial charge in [-0.15, -0.1) is 0 Å². The van der Waals surface area contributed by atoms with Crippen LogP contribution in [0.15, 0.2) is 24.5 Å². The van der Waals surface area contributed by atoms with E-state index in [0.717, 1.165) is 62.0 Å². The molecule has 2 aromatic rings. The highest BCUT2D eigenvalue weighted by Crippen LogP contribution is 2.32. The van der Waals surface area contributed by atoms with Gasteiger partial charge >= 0.3 is 0 Å². The van der Waals surface area contributed by atoms with Crippen molar-refractivity contribution in [3.8, 4) is 0 Å². The van der Waals surface area contributed by atoms with Gasteiger partial charge in [0.2, 0.25) is 5.91 Å². The van der Waals surface area contributed by atoms with Crippen LogP contribution in [0, 0.1) is 6.92 Å². The first kappa shape index (κ1) is 25.9. The minimum Gasteiger partial charge on any atom is -0.368 e. The van der Waals surface area contributed by atoms with E-state index in [9.17, 15) is 9.59 Å². The van der Waals surface area contributed by atoms with E-state index in [1.807, 2.05) is 25.1 Å². The number of aromatic nitrogens is 2. The summed E-state index contributed by atoms with van der Waals surface area (Å²) < 4.78 is 0. The standard InChI is InChI=1S/C26H33Cl2N5O2/c1-18-22(7-5-6-19-8-9-20(27)21(28)16-19)30-17-31-23(18)24(34)32-14-10-26(11-15-32,25(29)35)33-12-3-2-4-13-33/h8-9,16-17H,2-7,10-15H2,1H3,(H2,29,35). The van der Waals surface area contributed by atoms with Gasteiger partial charge in [-0.3, -0.25) is 14.5 Å². The summed E-state index contributed by atoms with van der Waals surface area (Å²) in [7, 11) is 0. The summed E-state index contributed by atoms with van der Waals surface area (Å²) in [5.74, 6) is -0.374. The first-order valence-electron chi connectivity index (χ1n) is 12.4. The van der Waals surface area contributed by atoms with Crippen molar-refractivity contribution in [3.63, 3.8) is 0 Å². The van der Waals surface area contributed by atoms with Crippen LogP contribution in [0.3, 0.4) is 0 Å². The summed E-state index contributed by atoms with van der Waals surface area (Å²) in [6.07, 6.45) is 8.40. The van der Waals surface area contributed by atoms with Gasteiger partial charge < -0.3 is 10.6 Å². The van der Waals surface area contributed by atoms with Crippen molar-refractivity contribution >= 4 is 35.0 Å². The van der Waals surface area contributed by atoms with E-state index in [-0.39, 0.29) is 11.8 Å². The van der Waals surface area contributed by atoms with Crippen LogP contribution in [0.5, 0.6) is 0 Å². The fraction of sp³-hybridized carbons (Fsp3) is 0.538. The molecule has 3 heterocycles. The number of amides is 2. The molecule has 0 aliphatic carbocycles. The number of hydrogen-bond acceptors (Lipinski definition) is 5. The van der Waals surface area contributed by atoms with Crippen molar-refractivity contribution in [2.75, 3.05) is 26.2 Å². The first-order chi connectivity index (χ1) is 16.8. The number of halogens is 2. The average Bonchev–Trinajstić information content (AvgIpc) is 2.87. The normalized spacial score (nSPS) is 18.4. The molecular weight excluding hydrogens is 485 g/mol. The molecule has 0 spiro atoms. The molecule has 2 N–H and O–H groups in total. The Bertz CT molecular complexity index is 1080. The SMILES string of the molecule is Cc1c(CCCc2ccc(Cl)c(Cl)c2)ncnc1C(=O)N1CCC(C(N)=O)(N2CCCCC2)CC1. The van der Waals surface area contributed by atoms with Crippen LogP contribution < -0.4 is 5.73 Å². The maximum absolute atomic E-state index is 13.4. The largest absolute Gasteiger partial charge is 0.368 e. The number of nitrogens with zero attached hydrogens (tertiary/aromatic N) is 4. The van der Waals surface area contributed by atoms with Gasteiger partial charge in [0.05, 0.1) is 10.0 Å². The minimum absolute atomic E-state index is 0.104. The monoisotopic (exact) mass is 517 g/mol. The molecule has 0 saturated carbocycles. The molecule has 0 atom stereocenters. The highest BCUT2D eigenvalue weighted by Gasteiger charge is 2.46. The van der Waals surface area contributed by atoms with Crippen LogP contribution in [-0.2, 0) is 17.6 Å². The second kappa shape index (κ2) is 11.2. The number of piperidine rings is 2. The van der Waals surface area contributed by atoms with Crippen LogP contribution in [0.1, 0.15) is 65.8 Å². The number of nitrogens with two attached hydrogens (primary N) is 1. The molecule has 0 unspecified atom stereocenters. The molecule has 2 aliphatic heterocycles. The third-order valence-corrected chi connectivity index (χ3v) is 8.29. The molecule has 0 bridgehead atoms. The molecule has 1 aromatic carbocycles. The zero-order valence-electron chi connectivity index (χ0n) is 20.2. The quantitative estimate of drug-likeness (QED) is 0.593. The minimum atomic E-state index is -0.645. The predicted octanol–water partition coefficient (Wildman–Crippen LogP) is 4.21. The molecule has 0 radical (unpaired) electrons. The zero-order valence-corrected chi connectivity index (χ0v) is 21.7. The third kappa shape index (κ3) is 5.63. The van der Waals surface area contributed by atoms with Gasteiger partial charge in [-0.2, -0.15) is 0 Å². The Labute approximate surface area is 217 Å². The lowest BCUT2D eigenvalue weighted by molar-refractivity contribution is -0.134. The van der Waals surface area contributed by atoms with E-state index >= 15 is 0 Å². The lowest BCUT2D eigenvalue weighted by atomic mass is 9.83. The van der Waals surface area contributed by atoms with Crippen LogP contribution in [0.25, 0.3) is 0 Å². The van der Waals surface area contributed by atoms with Crippen LogP contribution in [0.4, 0.5) is 0 Å². The van der Waals surface area contributed by atoms with Crippen LogP contribution in [0.2, 0.25) is 10.0 Å². The van der Waals surface area contributed by atoms with Gasteiger partial charge in [0.25, 0.3) is 5.91 Å². The van der Waals surface area contributed by atoms with Gasteiger partial charge in [-0.1, -0.05) is 35.7 Å². The van der Waals surface area contributed by atoms with Crippen molar-refractivity contribution < 1.29 is 9.59 Å². The highest BCUT2D eigenvalue weighted by molar-refractivity contribution is 6.42. The summed E-state index contributed by atoms with van der Waals surface area (Å²) >= 11 is 12.1. The molecule has 188 valence electrons. The number of benzene rings is 1. The number of aryl methyl sites for hydroxylation is 2. The zero-order chi connectivity index (χ0) is 25.0. The molecular formula is C26H33Cl2N5O2. The van der Waals surface area contributed by atoms with Crippen molar-refractivity contribution in [1.82, 2.24) is 19.8 Å². The van der Waals surface area contributed by atoms with E-state index in [2.05, 4.69) is 14.9 Å². The average molecular weight is 518 g/mol. The fourth-order valence-corrected chi connectivity index (χ4v) is 5.70. The maximum atomic E-state index is 13.4. The Hall–Kier alpha value is -2.22. The van der Waals surface area contributed by atoms with E-state index in [0.29, 0.717) is 41.7 Å². The summed E-state index contributed by atoms with van der Waals surface area (Å²) in [4.78, 5) is 38.7. The van der Waals surface area contributed by atoms with E-state index in [1.54, 1.807) is 4.90 Å².